The van der Waals surface area contributed by atoms with Gasteiger partial charge in [-0.05, 0) is 58.0 Å². The van der Waals surface area contributed by atoms with Gasteiger partial charge in [0.25, 0.3) is 10.0 Å². The molecule has 0 saturated carbocycles. The minimum absolute atomic E-state index is 0.0122. The highest BCUT2D eigenvalue weighted by atomic mass is 32.2. The van der Waals surface area contributed by atoms with Crippen LogP contribution in [0.5, 0.6) is 11.5 Å². The normalized spacial score (nSPS) is 15.8. The molecule has 0 aliphatic carbocycles. The molecule has 1 amide bonds. The smallest absolute Gasteiger partial charge is 0.262 e. The predicted molar refractivity (Wildman–Crippen MR) is 112 cm³/mol. The van der Waals surface area contributed by atoms with Gasteiger partial charge in [0, 0.05) is 12.6 Å². The highest BCUT2D eigenvalue weighted by molar-refractivity contribution is 7.92. The van der Waals surface area contributed by atoms with Crippen molar-refractivity contribution >= 4 is 27.3 Å². The van der Waals surface area contributed by atoms with Crippen molar-refractivity contribution in [1.29, 1.82) is 0 Å². The Labute approximate surface area is 175 Å². The van der Waals surface area contributed by atoms with Gasteiger partial charge in [0.15, 0.2) is 11.6 Å². The molecule has 0 unspecified atom stereocenters. The number of carbonyl (C=O) groups is 1. The first-order valence-electron chi connectivity index (χ1n) is 9.63. The number of halogens is 1. The van der Waals surface area contributed by atoms with Crippen molar-refractivity contribution in [3.8, 4) is 11.5 Å². The zero-order valence-corrected chi connectivity index (χ0v) is 18.2. The molecule has 0 aromatic heterocycles. The van der Waals surface area contributed by atoms with E-state index in [-0.39, 0.29) is 35.5 Å². The molecule has 7 nitrogen and oxygen atoms in total. The molecule has 2 aromatic carbocycles. The molecule has 1 aliphatic heterocycles. The minimum Gasteiger partial charge on any atom is -0.491 e. The van der Waals surface area contributed by atoms with E-state index in [1.807, 2.05) is 6.92 Å². The summed E-state index contributed by atoms with van der Waals surface area (Å²) in [4.78, 5) is 14.1. The van der Waals surface area contributed by atoms with Crippen LogP contribution in [-0.4, -0.2) is 34.1 Å². The van der Waals surface area contributed by atoms with Crippen molar-refractivity contribution < 1.29 is 27.1 Å². The fourth-order valence-electron chi connectivity index (χ4n) is 3.16. The highest BCUT2D eigenvalue weighted by Gasteiger charge is 2.37. The van der Waals surface area contributed by atoms with Gasteiger partial charge in [-0.2, -0.15) is 0 Å². The van der Waals surface area contributed by atoms with E-state index in [9.17, 15) is 17.6 Å². The molecule has 1 heterocycles. The predicted octanol–water partition coefficient (Wildman–Crippen LogP) is 3.80. The second-order valence-electron chi connectivity index (χ2n) is 7.54. The summed E-state index contributed by atoms with van der Waals surface area (Å²) in [6, 6.07) is 8.16. The van der Waals surface area contributed by atoms with Crippen LogP contribution in [0.2, 0.25) is 0 Å². The van der Waals surface area contributed by atoms with Crippen molar-refractivity contribution in [1.82, 2.24) is 0 Å². The van der Waals surface area contributed by atoms with E-state index < -0.39 is 21.3 Å². The molecule has 2 aromatic rings. The third kappa shape index (κ3) is 4.21. The maximum atomic E-state index is 14.1. The molecule has 162 valence electrons. The molecule has 30 heavy (non-hydrogen) atoms. The zero-order chi connectivity index (χ0) is 22.1. The van der Waals surface area contributed by atoms with Gasteiger partial charge in [0.05, 0.1) is 28.3 Å². The second kappa shape index (κ2) is 8.14. The average Bonchev–Trinajstić information content (AvgIpc) is 2.78. The topological polar surface area (TPSA) is 84.9 Å². The maximum Gasteiger partial charge on any atom is 0.262 e. The number of amides is 1. The van der Waals surface area contributed by atoms with Crippen LogP contribution in [0.4, 0.5) is 15.8 Å². The molecule has 3 rings (SSSR count). The Hall–Kier alpha value is -2.81. The van der Waals surface area contributed by atoms with E-state index in [0.29, 0.717) is 18.0 Å². The first-order valence-corrected chi connectivity index (χ1v) is 11.1. The highest BCUT2D eigenvalue weighted by Crippen LogP contribution is 2.38. The van der Waals surface area contributed by atoms with Gasteiger partial charge >= 0.3 is 0 Å². The van der Waals surface area contributed by atoms with Crippen LogP contribution >= 0.6 is 0 Å². The van der Waals surface area contributed by atoms with Gasteiger partial charge in [-0.3, -0.25) is 9.52 Å². The van der Waals surface area contributed by atoms with E-state index in [0.717, 1.165) is 6.07 Å². The van der Waals surface area contributed by atoms with Gasteiger partial charge < -0.3 is 14.4 Å². The van der Waals surface area contributed by atoms with Crippen LogP contribution < -0.4 is 19.1 Å². The minimum atomic E-state index is -4.04. The van der Waals surface area contributed by atoms with Gasteiger partial charge in [0.2, 0.25) is 5.91 Å². The number of sulfonamides is 1. The van der Waals surface area contributed by atoms with Crippen LogP contribution in [0.25, 0.3) is 0 Å². The Morgan fingerprint density at radius 3 is 2.57 bits per heavy atom. The van der Waals surface area contributed by atoms with Gasteiger partial charge in [0.1, 0.15) is 12.4 Å². The van der Waals surface area contributed by atoms with Crippen molar-refractivity contribution in [3.63, 3.8) is 0 Å². The molecule has 0 atom stereocenters. The molecule has 0 spiro atoms. The van der Waals surface area contributed by atoms with Crippen molar-refractivity contribution in [2.45, 2.75) is 32.6 Å². The lowest BCUT2D eigenvalue weighted by atomic mass is 9.93. The van der Waals surface area contributed by atoms with E-state index >= 15 is 0 Å². The molecular formula is C21H25FN2O5S. The number of benzene rings is 2. The Bertz CT molecular complexity index is 1070. The standard InChI is InChI=1S/C21H25FN2O5S/c1-5-24-17-9-7-14(11-19(17)29-13-21(3,4)20(24)25)23-30(26,27)15-8-10-18(28-6-2)16(22)12-15/h7-12,23H,5-6,13H2,1-4H3. The van der Waals surface area contributed by atoms with Crippen LogP contribution in [0, 0.1) is 11.2 Å². The SMILES string of the molecule is CCOc1ccc(S(=O)(=O)Nc2ccc3c(c2)OCC(C)(C)C(=O)N3CC)cc1F. The summed E-state index contributed by atoms with van der Waals surface area (Å²) in [5.41, 5.74) is 0.100. The van der Waals surface area contributed by atoms with E-state index in [1.165, 1.54) is 18.2 Å². The number of anilines is 2. The van der Waals surface area contributed by atoms with Crippen molar-refractivity contribution in [2.75, 3.05) is 29.4 Å². The number of fused-ring (bicyclic) bond motifs is 1. The fourth-order valence-corrected chi connectivity index (χ4v) is 4.22. The molecule has 0 fully saturated rings. The largest absolute Gasteiger partial charge is 0.491 e. The van der Waals surface area contributed by atoms with Crippen LogP contribution in [0.1, 0.15) is 27.7 Å². The quantitative estimate of drug-likeness (QED) is 0.745. The summed E-state index contributed by atoms with van der Waals surface area (Å²) in [5.74, 6) is -0.443. The number of nitrogens with zero attached hydrogens (tertiary/aromatic N) is 1. The molecular weight excluding hydrogens is 411 g/mol. The lowest BCUT2D eigenvalue weighted by molar-refractivity contribution is -0.127. The summed E-state index contributed by atoms with van der Waals surface area (Å²) < 4.78 is 52.9. The summed E-state index contributed by atoms with van der Waals surface area (Å²) >= 11 is 0. The van der Waals surface area contributed by atoms with Crippen molar-refractivity contribution in [2.24, 2.45) is 5.41 Å². The molecule has 1 N–H and O–H groups in total. The Balaban J connectivity index is 1.91. The number of hydrogen-bond donors (Lipinski definition) is 1. The van der Waals surface area contributed by atoms with Crippen molar-refractivity contribution in [3.05, 3.63) is 42.2 Å². The number of rotatable bonds is 6. The Morgan fingerprint density at radius 2 is 1.93 bits per heavy atom. The zero-order valence-electron chi connectivity index (χ0n) is 17.4. The lowest BCUT2D eigenvalue weighted by Crippen LogP contribution is -2.42. The summed E-state index contributed by atoms with van der Waals surface area (Å²) in [7, 11) is -4.04. The third-order valence-electron chi connectivity index (χ3n) is 4.75. The van der Waals surface area contributed by atoms with Crippen LogP contribution in [0.15, 0.2) is 41.3 Å². The Kier molecular flexibility index (Phi) is 5.94. The van der Waals surface area contributed by atoms with Crippen LogP contribution in [0.3, 0.4) is 0 Å². The van der Waals surface area contributed by atoms with E-state index in [2.05, 4.69) is 4.72 Å². The first-order chi connectivity index (χ1) is 14.1. The second-order valence-corrected chi connectivity index (χ2v) is 9.22. The number of nitrogens with one attached hydrogen (secondary N) is 1. The summed E-state index contributed by atoms with van der Waals surface area (Å²) in [6.07, 6.45) is 0. The van der Waals surface area contributed by atoms with Crippen LogP contribution in [-0.2, 0) is 14.8 Å². The molecule has 0 saturated heterocycles. The third-order valence-corrected chi connectivity index (χ3v) is 6.12. The summed E-state index contributed by atoms with van der Waals surface area (Å²) in [6.45, 7) is 8.05. The molecule has 1 aliphatic rings. The lowest BCUT2D eigenvalue weighted by Gasteiger charge is -2.26. The van der Waals surface area contributed by atoms with Gasteiger partial charge in [-0.15, -0.1) is 0 Å². The maximum absolute atomic E-state index is 14.1. The number of hydrogen-bond acceptors (Lipinski definition) is 5. The van der Waals surface area contributed by atoms with E-state index in [4.69, 9.17) is 9.47 Å². The number of ether oxygens (including phenoxy) is 2. The number of carbonyl (C=O) groups excluding carboxylic acids is 1. The molecule has 9 heteroatoms. The fraction of sp³-hybridized carbons (Fsp3) is 0.381. The van der Waals surface area contributed by atoms with E-state index in [1.54, 1.807) is 37.8 Å². The molecule has 0 radical (unpaired) electrons. The van der Waals surface area contributed by atoms with Gasteiger partial charge in [-0.25, -0.2) is 12.8 Å². The van der Waals surface area contributed by atoms with Gasteiger partial charge in [-0.1, -0.05) is 0 Å². The monoisotopic (exact) mass is 436 g/mol. The first kappa shape index (κ1) is 21.9. The molecule has 0 bridgehead atoms. The Morgan fingerprint density at radius 1 is 1.20 bits per heavy atom. The average molecular weight is 437 g/mol. The summed E-state index contributed by atoms with van der Waals surface area (Å²) in [5, 5.41) is 0.